The second-order valence-corrected chi connectivity index (χ2v) is 5.29. The van der Waals surface area contributed by atoms with Gasteiger partial charge in [-0.25, -0.2) is 0 Å². The third kappa shape index (κ3) is 1.78. The summed E-state index contributed by atoms with van der Waals surface area (Å²) in [7, 11) is 0. The highest BCUT2D eigenvalue weighted by atomic mass is 16.1. The number of hydrogen-bond donors (Lipinski definition) is 0. The van der Waals surface area contributed by atoms with E-state index in [-0.39, 0.29) is 0 Å². The lowest BCUT2D eigenvalue weighted by Gasteiger charge is -2.25. The molecule has 0 saturated carbocycles. The molecule has 2 saturated heterocycles. The third-order valence-electron chi connectivity index (χ3n) is 4.04. The molecule has 0 radical (unpaired) electrons. The van der Waals surface area contributed by atoms with Crippen LogP contribution >= 0.6 is 0 Å². The average Bonchev–Trinajstić information content (AvgIpc) is 2.98. The van der Waals surface area contributed by atoms with E-state index in [1.807, 2.05) is 0 Å². The molecular formula is C14H20N2O. The zero-order valence-electron chi connectivity index (χ0n) is 10.4. The summed E-state index contributed by atoms with van der Waals surface area (Å²) in [6, 6.07) is 0. The van der Waals surface area contributed by atoms with Gasteiger partial charge >= 0.3 is 0 Å². The lowest BCUT2D eigenvalue weighted by molar-refractivity contribution is -0.115. The third-order valence-corrected chi connectivity index (χ3v) is 4.04. The standard InChI is InChI=1S/C14H20N2O/c1-11-10-12(17)14(16-8-4-5-9-16)13(11)15-6-2-3-7-15/h1-10H2. The summed E-state index contributed by atoms with van der Waals surface area (Å²) >= 11 is 0. The minimum absolute atomic E-state index is 0.291. The van der Waals surface area contributed by atoms with E-state index >= 15 is 0 Å². The first kappa shape index (κ1) is 10.9. The maximum atomic E-state index is 12.2. The first-order valence-corrected chi connectivity index (χ1v) is 6.73. The van der Waals surface area contributed by atoms with Crippen molar-refractivity contribution in [2.24, 2.45) is 0 Å². The van der Waals surface area contributed by atoms with Crippen molar-refractivity contribution in [1.29, 1.82) is 0 Å². The molecule has 0 aromatic heterocycles. The van der Waals surface area contributed by atoms with Crippen molar-refractivity contribution >= 4 is 5.78 Å². The van der Waals surface area contributed by atoms with Crippen molar-refractivity contribution in [3.63, 3.8) is 0 Å². The number of carbonyl (C=O) groups excluding carboxylic acids is 1. The number of allylic oxidation sites excluding steroid dienone is 2. The fourth-order valence-electron chi connectivity index (χ4n) is 3.24. The van der Waals surface area contributed by atoms with E-state index < -0.39 is 0 Å². The van der Waals surface area contributed by atoms with Crippen LogP contribution in [0.15, 0.2) is 23.5 Å². The SMILES string of the molecule is C=C1CC(=O)C(N2CCCC2)=C1N1CCCC1. The monoisotopic (exact) mass is 232 g/mol. The Balaban J connectivity index is 1.96. The van der Waals surface area contributed by atoms with E-state index in [0.29, 0.717) is 12.2 Å². The normalized spacial score (nSPS) is 25.6. The molecule has 0 N–H and O–H groups in total. The Morgan fingerprint density at radius 3 is 1.82 bits per heavy atom. The molecule has 3 heteroatoms. The van der Waals surface area contributed by atoms with Gasteiger partial charge in [-0.1, -0.05) is 6.58 Å². The lowest BCUT2D eigenvalue weighted by Crippen LogP contribution is -2.27. The molecule has 0 atom stereocenters. The van der Waals surface area contributed by atoms with E-state index in [4.69, 9.17) is 0 Å². The predicted octanol–water partition coefficient (Wildman–Crippen LogP) is 1.92. The zero-order chi connectivity index (χ0) is 11.8. The van der Waals surface area contributed by atoms with E-state index in [2.05, 4.69) is 16.4 Å². The molecule has 2 aliphatic heterocycles. The quantitative estimate of drug-likeness (QED) is 0.726. The number of nitrogens with zero attached hydrogens (tertiary/aromatic N) is 2. The Labute approximate surface area is 103 Å². The zero-order valence-corrected chi connectivity index (χ0v) is 10.4. The molecule has 2 fully saturated rings. The number of likely N-dealkylation sites (tertiary alicyclic amines) is 2. The Bertz CT molecular complexity index is 349. The van der Waals surface area contributed by atoms with Crippen LogP contribution in [0.25, 0.3) is 0 Å². The van der Waals surface area contributed by atoms with Crippen LogP contribution in [-0.4, -0.2) is 41.8 Å². The summed E-state index contributed by atoms with van der Waals surface area (Å²) in [6.45, 7) is 8.39. The highest BCUT2D eigenvalue weighted by Crippen LogP contribution is 2.35. The number of carbonyl (C=O) groups is 1. The van der Waals surface area contributed by atoms with Crippen molar-refractivity contribution < 1.29 is 4.79 Å². The molecule has 17 heavy (non-hydrogen) atoms. The van der Waals surface area contributed by atoms with Crippen molar-refractivity contribution in [2.45, 2.75) is 32.1 Å². The van der Waals surface area contributed by atoms with Gasteiger partial charge in [-0.05, 0) is 31.3 Å². The molecule has 3 aliphatic rings. The van der Waals surface area contributed by atoms with Gasteiger partial charge in [0.1, 0.15) is 5.70 Å². The van der Waals surface area contributed by atoms with Gasteiger partial charge in [0.15, 0.2) is 5.78 Å². The number of Topliss-reactive ketones (excluding diaryl/α,β-unsaturated/α-hetero) is 1. The largest absolute Gasteiger partial charge is 0.370 e. The number of hydrogen-bond acceptors (Lipinski definition) is 3. The minimum Gasteiger partial charge on any atom is -0.370 e. The molecule has 0 amide bonds. The maximum Gasteiger partial charge on any atom is 0.185 e. The molecule has 3 nitrogen and oxygen atoms in total. The van der Waals surface area contributed by atoms with Crippen molar-refractivity contribution in [2.75, 3.05) is 26.2 Å². The Kier molecular flexibility index (Phi) is 2.69. The Hall–Kier alpha value is -1.25. The van der Waals surface area contributed by atoms with Crippen LogP contribution in [0.1, 0.15) is 32.1 Å². The minimum atomic E-state index is 0.291. The van der Waals surface area contributed by atoms with Crippen LogP contribution in [0.3, 0.4) is 0 Å². The predicted molar refractivity (Wildman–Crippen MR) is 67.4 cm³/mol. The first-order valence-electron chi connectivity index (χ1n) is 6.73. The van der Waals surface area contributed by atoms with E-state index in [0.717, 1.165) is 37.4 Å². The van der Waals surface area contributed by atoms with Gasteiger partial charge in [0.05, 0.1) is 5.70 Å². The second-order valence-electron chi connectivity index (χ2n) is 5.29. The molecule has 2 heterocycles. The summed E-state index contributed by atoms with van der Waals surface area (Å²) in [5.41, 5.74) is 3.20. The van der Waals surface area contributed by atoms with Crippen LogP contribution in [0.4, 0.5) is 0 Å². The van der Waals surface area contributed by atoms with Crippen molar-refractivity contribution in [1.82, 2.24) is 9.80 Å². The molecule has 0 bridgehead atoms. The summed E-state index contributed by atoms with van der Waals surface area (Å²) in [5.74, 6) is 0.291. The van der Waals surface area contributed by atoms with Crippen LogP contribution < -0.4 is 0 Å². The van der Waals surface area contributed by atoms with Crippen LogP contribution in [0.2, 0.25) is 0 Å². The van der Waals surface area contributed by atoms with Gasteiger partial charge in [-0.2, -0.15) is 0 Å². The molecule has 92 valence electrons. The van der Waals surface area contributed by atoms with Crippen LogP contribution in [0, 0.1) is 0 Å². The average molecular weight is 232 g/mol. The van der Waals surface area contributed by atoms with Gasteiger partial charge in [0, 0.05) is 32.6 Å². The molecule has 1 aliphatic carbocycles. The highest BCUT2D eigenvalue weighted by Gasteiger charge is 2.35. The number of rotatable bonds is 2. The maximum absolute atomic E-state index is 12.2. The molecule has 0 spiro atoms. The highest BCUT2D eigenvalue weighted by molar-refractivity contribution is 6.01. The van der Waals surface area contributed by atoms with Gasteiger partial charge < -0.3 is 9.80 Å². The number of ketones is 1. The summed E-state index contributed by atoms with van der Waals surface area (Å²) in [4.78, 5) is 16.8. The molecule has 0 aromatic rings. The molecular weight excluding hydrogens is 212 g/mol. The summed E-state index contributed by atoms with van der Waals surface area (Å²) in [5, 5.41) is 0. The van der Waals surface area contributed by atoms with Crippen molar-refractivity contribution in [3.8, 4) is 0 Å². The fraction of sp³-hybridized carbons (Fsp3) is 0.643. The first-order chi connectivity index (χ1) is 8.27. The summed E-state index contributed by atoms with van der Waals surface area (Å²) in [6.07, 6.45) is 5.47. The molecule has 0 aromatic carbocycles. The lowest BCUT2D eigenvalue weighted by atomic mass is 10.2. The second kappa shape index (κ2) is 4.21. The fourth-order valence-corrected chi connectivity index (χ4v) is 3.24. The van der Waals surface area contributed by atoms with Gasteiger partial charge in [0.2, 0.25) is 0 Å². The summed E-state index contributed by atoms with van der Waals surface area (Å²) < 4.78 is 0. The van der Waals surface area contributed by atoms with Crippen LogP contribution in [-0.2, 0) is 4.79 Å². The smallest absolute Gasteiger partial charge is 0.185 e. The van der Waals surface area contributed by atoms with Gasteiger partial charge in [-0.15, -0.1) is 0 Å². The van der Waals surface area contributed by atoms with E-state index in [1.54, 1.807) is 0 Å². The van der Waals surface area contributed by atoms with E-state index in [1.165, 1.54) is 31.4 Å². The Morgan fingerprint density at radius 2 is 1.29 bits per heavy atom. The molecule has 0 unspecified atom stereocenters. The van der Waals surface area contributed by atoms with Crippen molar-refractivity contribution in [3.05, 3.63) is 23.5 Å². The topological polar surface area (TPSA) is 23.6 Å². The van der Waals surface area contributed by atoms with Gasteiger partial charge in [0.25, 0.3) is 0 Å². The van der Waals surface area contributed by atoms with Gasteiger partial charge in [-0.3, -0.25) is 4.79 Å². The van der Waals surface area contributed by atoms with Crippen LogP contribution in [0.5, 0.6) is 0 Å². The van der Waals surface area contributed by atoms with E-state index in [9.17, 15) is 4.79 Å². The Morgan fingerprint density at radius 1 is 0.824 bits per heavy atom. The molecule has 3 rings (SSSR count).